The van der Waals surface area contributed by atoms with Crippen LogP contribution in [0.2, 0.25) is 0 Å². The van der Waals surface area contributed by atoms with E-state index in [9.17, 15) is 0 Å². The summed E-state index contributed by atoms with van der Waals surface area (Å²) in [5.41, 5.74) is 5.68. The summed E-state index contributed by atoms with van der Waals surface area (Å²) < 4.78 is 0. The van der Waals surface area contributed by atoms with Crippen molar-refractivity contribution in [2.75, 3.05) is 0 Å². The van der Waals surface area contributed by atoms with Gasteiger partial charge in [-0.1, -0.05) is 6.92 Å². The molecule has 1 nitrogen and oxygen atoms in total. The van der Waals surface area contributed by atoms with E-state index >= 15 is 0 Å². The molecule has 1 aliphatic carbocycles. The molecule has 2 heteroatoms. The van der Waals surface area contributed by atoms with Crippen molar-refractivity contribution in [1.29, 1.82) is 0 Å². The topological polar surface area (TPSA) is 26.0 Å². The van der Waals surface area contributed by atoms with E-state index in [1.807, 2.05) is 0 Å². The molecule has 0 aromatic rings. The van der Waals surface area contributed by atoms with Gasteiger partial charge in [-0.2, -0.15) is 0 Å². The molecule has 1 fully saturated rings. The number of rotatable bonds is 2. The maximum Gasteiger partial charge on any atom is 0.00645 e. The molecule has 1 rings (SSSR count). The van der Waals surface area contributed by atoms with Gasteiger partial charge in [-0.3, -0.25) is 0 Å². The molecule has 0 spiro atoms. The second kappa shape index (κ2) is 3.31. The second-order valence-corrected chi connectivity index (χ2v) is 2.41. The molecule has 50 valence electrons. The van der Waals surface area contributed by atoms with Gasteiger partial charge in [0.05, 0.1) is 0 Å². The van der Waals surface area contributed by atoms with E-state index in [1.165, 1.54) is 12.8 Å². The first-order chi connectivity index (χ1) is 3.34. The van der Waals surface area contributed by atoms with Crippen LogP contribution >= 0.6 is 12.4 Å². The predicted octanol–water partition coefficient (Wildman–Crippen LogP) is 1.56. The van der Waals surface area contributed by atoms with E-state index in [0.717, 1.165) is 12.3 Å². The largest absolute Gasteiger partial charge is 0.327 e. The van der Waals surface area contributed by atoms with Crippen LogP contribution in [0.5, 0.6) is 0 Å². The Labute approximate surface area is 57.1 Å². The van der Waals surface area contributed by atoms with Crippen molar-refractivity contribution in [3.05, 3.63) is 0 Å². The Morgan fingerprint density at radius 2 is 2.12 bits per heavy atom. The third kappa shape index (κ3) is 2.01. The first kappa shape index (κ1) is 8.25. The van der Waals surface area contributed by atoms with Crippen LogP contribution in [-0.4, -0.2) is 6.04 Å². The van der Waals surface area contributed by atoms with Crippen LogP contribution in [0.15, 0.2) is 0 Å². The van der Waals surface area contributed by atoms with Gasteiger partial charge < -0.3 is 5.73 Å². The minimum Gasteiger partial charge on any atom is -0.327 e. The molecule has 1 atom stereocenters. The lowest BCUT2D eigenvalue weighted by molar-refractivity contribution is 0.577. The minimum atomic E-state index is 0. The zero-order valence-electron chi connectivity index (χ0n) is 5.26. The summed E-state index contributed by atoms with van der Waals surface area (Å²) >= 11 is 0. The summed E-state index contributed by atoms with van der Waals surface area (Å²) in [7, 11) is 0. The fourth-order valence-electron chi connectivity index (χ4n) is 0.858. The van der Waals surface area contributed by atoms with Crippen molar-refractivity contribution in [2.24, 2.45) is 11.7 Å². The molecule has 0 heterocycles. The number of hydrogen-bond donors (Lipinski definition) is 1. The van der Waals surface area contributed by atoms with E-state index in [1.54, 1.807) is 0 Å². The number of hydrogen-bond acceptors (Lipinski definition) is 1. The summed E-state index contributed by atoms with van der Waals surface area (Å²) in [5.74, 6) is 0.894. The van der Waals surface area contributed by atoms with Crippen LogP contribution in [-0.2, 0) is 0 Å². The van der Waals surface area contributed by atoms with Gasteiger partial charge >= 0.3 is 0 Å². The Morgan fingerprint density at radius 1 is 1.62 bits per heavy atom. The van der Waals surface area contributed by atoms with Crippen LogP contribution in [0.3, 0.4) is 0 Å². The third-order valence-corrected chi connectivity index (χ3v) is 1.70. The number of nitrogens with two attached hydrogens (primary N) is 1. The van der Waals surface area contributed by atoms with Gasteiger partial charge in [0, 0.05) is 6.04 Å². The average Bonchev–Trinajstić information content (AvgIpc) is 2.44. The lowest BCUT2D eigenvalue weighted by atomic mass is 10.1. The molecule has 0 aliphatic heterocycles. The van der Waals surface area contributed by atoms with Crippen molar-refractivity contribution in [1.82, 2.24) is 0 Å². The maximum absolute atomic E-state index is 5.68. The van der Waals surface area contributed by atoms with E-state index < -0.39 is 0 Å². The monoisotopic (exact) mass is 135 g/mol. The summed E-state index contributed by atoms with van der Waals surface area (Å²) in [6, 6.07) is 0.514. The molecule has 0 aromatic heterocycles. The van der Waals surface area contributed by atoms with Crippen molar-refractivity contribution < 1.29 is 0 Å². The first-order valence-electron chi connectivity index (χ1n) is 3.10. The zero-order valence-corrected chi connectivity index (χ0v) is 6.08. The first-order valence-corrected chi connectivity index (χ1v) is 3.10. The lowest BCUT2D eigenvalue weighted by Gasteiger charge is -2.02. The molecule has 0 aromatic carbocycles. The Bertz CT molecular complexity index is 61.5. The smallest absolute Gasteiger partial charge is 0.00645 e. The standard InChI is InChI=1S/C6H13N.ClH/c1-2-6(7)5-3-4-5;/h5-6H,2-4,7H2,1H3;1H/t6-;/m1./s1. The van der Waals surface area contributed by atoms with Crippen LogP contribution < -0.4 is 5.73 Å². The molecule has 0 unspecified atom stereocenters. The Balaban J connectivity index is 0.000000490. The molecule has 2 N–H and O–H groups in total. The molecule has 1 saturated carbocycles. The van der Waals surface area contributed by atoms with Crippen molar-refractivity contribution in [3.63, 3.8) is 0 Å². The molecular weight excluding hydrogens is 122 g/mol. The zero-order chi connectivity index (χ0) is 5.28. The van der Waals surface area contributed by atoms with Crippen LogP contribution in [0.1, 0.15) is 26.2 Å². The summed E-state index contributed by atoms with van der Waals surface area (Å²) in [6.45, 7) is 2.16. The second-order valence-electron chi connectivity index (χ2n) is 2.41. The molecule has 0 amide bonds. The van der Waals surface area contributed by atoms with Gasteiger partial charge in [-0.05, 0) is 25.2 Å². The Kier molecular flexibility index (Phi) is 3.41. The van der Waals surface area contributed by atoms with Gasteiger partial charge in [0.2, 0.25) is 0 Å². The van der Waals surface area contributed by atoms with Gasteiger partial charge in [-0.15, -0.1) is 12.4 Å². The summed E-state index contributed by atoms with van der Waals surface area (Å²) in [5, 5.41) is 0. The normalized spacial score (nSPS) is 21.8. The fourth-order valence-corrected chi connectivity index (χ4v) is 0.858. The lowest BCUT2D eigenvalue weighted by Crippen LogP contribution is -2.20. The van der Waals surface area contributed by atoms with Crippen molar-refractivity contribution in [3.8, 4) is 0 Å². The quantitative estimate of drug-likeness (QED) is 0.611. The van der Waals surface area contributed by atoms with E-state index in [4.69, 9.17) is 5.73 Å². The van der Waals surface area contributed by atoms with Gasteiger partial charge in [-0.25, -0.2) is 0 Å². The molecule has 1 aliphatic rings. The maximum atomic E-state index is 5.68. The van der Waals surface area contributed by atoms with Gasteiger partial charge in [0.1, 0.15) is 0 Å². The van der Waals surface area contributed by atoms with Gasteiger partial charge in [0.25, 0.3) is 0 Å². The molecule has 0 bridgehead atoms. The Hall–Kier alpha value is 0.250. The van der Waals surface area contributed by atoms with Crippen molar-refractivity contribution in [2.45, 2.75) is 32.2 Å². The summed E-state index contributed by atoms with van der Waals surface area (Å²) in [6.07, 6.45) is 3.93. The molecule has 0 radical (unpaired) electrons. The minimum absolute atomic E-state index is 0. The van der Waals surface area contributed by atoms with E-state index in [0.29, 0.717) is 6.04 Å². The van der Waals surface area contributed by atoms with Gasteiger partial charge in [0.15, 0.2) is 0 Å². The SMILES string of the molecule is CC[C@@H](N)C1CC1.Cl. The molecular formula is C6H14ClN. The van der Waals surface area contributed by atoms with Crippen molar-refractivity contribution >= 4 is 12.4 Å². The number of halogens is 1. The van der Waals surface area contributed by atoms with E-state index in [2.05, 4.69) is 6.92 Å². The Morgan fingerprint density at radius 3 is 2.25 bits per heavy atom. The highest BCUT2D eigenvalue weighted by Crippen LogP contribution is 2.32. The molecule has 8 heavy (non-hydrogen) atoms. The summed E-state index contributed by atoms with van der Waals surface area (Å²) in [4.78, 5) is 0. The fraction of sp³-hybridized carbons (Fsp3) is 1.00. The predicted molar refractivity (Wildman–Crippen MR) is 38.2 cm³/mol. The highest BCUT2D eigenvalue weighted by atomic mass is 35.5. The highest BCUT2D eigenvalue weighted by Gasteiger charge is 2.26. The molecule has 0 saturated heterocycles. The van der Waals surface area contributed by atoms with E-state index in [-0.39, 0.29) is 12.4 Å². The third-order valence-electron chi connectivity index (χ3n) is 1.70. The van der Waals surface area contributed by atoms with Crippen LogP contribution in [0, 0.1) is 5.92 Å². The highest BCUT2D eigenvalue weighted by molar-refractivity contribution is 5.85. The van der Waals surface area contributed by atoms with Crippen LogP contribution in [0.25, 0.3) is 0 Å². The van der Waals surface area contributed by atoms with Crippen LogP contribution in [0.4, 0.5) is 0 Å². The average molecular weight is 136 g/mol.